The maximum absolute atomic E-state index is 10.7. The number of non-ortho nitro benzene ring substituents is 1. The first kappa shape index (κ1) is 14.7. The molecule has 2 aromatic carbocycles. The maximum Gasteiger partial charge on any atom is 0.271 e. The van der Waals surface area contributed by atoms with Crippen LogP contribution in [-0.4, -0.2) is 10.0 Å². The molecule has 0 aliphatic carbocycles. The Bertz CT molecular complexity index is 676. The summed E-state index contributed by atoms with van der Waals surface area (Å²) in [6.07, 6.45) is 0. The number of hydrazine groups is 1. The van der Waals surface area contributed by atoms with Gasteiger partial charge in [0.15, 0.2) is 5.11 Å². The lowest BCUT2D eigenvalue weighted by atomic mass is 10.2. The van der Waals surface area contributed by atoms with Gasteiger partial charge in [-0.15, -0.1) is 0 Å². The highest BCUT2D eigenvalue weighted by atomic mass is 32.1. The fourth-order valence-electron chi connectivity index (χ4n) is 1.71. The van der Waals surface area contributed by atoms with E-state index in [9.17, 15) is 10.1 Å². The van der Waals surface area contributed by atoms with Gasteiger partial charge in [0.1, 0.15) is 0 Å². The van der Waals surface area contributed by atoms with Crippen LogP contribution in [0.15, 0.2) is 48.5 Å². The summed E-state index contributed by atoms with van der Waals surface area (Å²) in [6, 6.07) is 13.9. The molecule has 7 heteroatoms. The second-order valence-electron chi connectivity index (χ2n) is 4.38. The SMILES string of the molecule is Cc1cccc(NC(=S)NNc2cccc([N+](=O)[O-])c2)c1. The van der Waals surface area contributed by atoms with Crippen molar-refractivity contribution in [2.75, 3.05) is 10.7 Å². The molecule has 0 bridgehead atoms. The number of benzene rings is 2. The Kier molecular flexibility index (Phi) is 4.68. The van der Waals surface area contributed by atoms with Crippen LogP contribution in [0.2, 0.25) is 0 Å². The minimum Gasteiger partial charge on any atom is -0.331 e. The number of aryl methyl sites for hydroxylation is 1. The van der Waals surface area contributed by atoms with E-state index in [1.54, 1.807) is 12.1 Å². The lowest BCUT2D eigenvalue weighted by Crippen LogP contribution is -2.33. The Hall–Kier alpha value is -2.67. The van der Waals surface area contributed by atoms with Crippen LogP contribution in [0.4, 0.5) is 17.1 Å². The molecule has 21 heavy (non-hydrogen) atoms. The van der Waals surface area contributed by atoms with Gasteiger partial charge in [0.05, 0.1) is 10.6 Å². The summed E-state index contributed by atoms with van der Waals surface area (Å²) in [7, 11) is 0. The quantitative estimate of drug-likeness (QED) is 0.457. The molecule has 0 heterocycles. The zero-order valence-corrected chi connectivity index (χ0v) is 12.1. The van der Waals surface area contributed by atoms with Crippen molar-refractivity contribution in [2.24, 2.45) is 0 Å². The van der Waals surface area contributed by atoms with E-state index in [-0.39, 0.29) is 5.69 Å². The zero-order valence-electron chi connectivity index (χ0n) is 11.3. The summed E-state index contributed by atoms with van der Waals surface area (Å²) in [6.45, 7) is 1.99. The van der Waals surface area contributed by atoms with Crippen LogP contribution >= 0.6 is 12.2 Å². The molecular weight excluding hydrogens is 288 g/mol. The van der Waals surface area contributed by atoms with E-state index in [0.717, 1.165) is 11.3 Å². The zero-order chi connectivity index (χ0) is 15.2. The molecule has 6 nitrogen and oxygen atoms in total. The van der Waals surface area contributed by atoms with Gasteiger partial charge in [-0.2, -0.15) is 0 Å². The van der Waals surface area contributed by atoms with Gasteiger partial charge in [-0.25, -0.2) is 0 Å². The Morgan fingerprint density at radius 3 is 2.57 bits per heavy atom. The minimum atomic E-state index is -0.450. The molecule has 0 unspecified atom stereocenters. The predicted octanol–water partition coefficient (Wildman–Crippen LogP) is 3.22. The van der Waals surface area contributed by atoms with E-state index < -0.39 is 4.92 Å². The minimum absolute atomic E-state index is 0.0133. The number of nitro benzene ring substituents is 1. The fourth-order valence-corrected chi connectivity index (χ4v) is 1.88. The summed E-state index contributed by atoms with van der Waals surface area (Å²) < 4.78 is 0. The molecule has 2 rings (SSSR count). The van der Waals surface area contributed by atoms with Crippen LogP contribution in [-0.2, 0) is 0 Å². The average molecular weight is 302 g/mol. The molecule has 3 N–H and O–H groups in total. The smallest absolute Gasteiger partial charge is 0.271 e. The van der Waals surface area contributed by atoms with E-state index in [2.05, 4.69) is 16.2 Å². The predicted molar refractivity (Wildman–Crippen MR) is 87.3 cm³/mol. The Labute approximate surface area is 127 Å². The largest absolute Gasteiger partial charge is 0.331 e. The Balaban J connectivity index is 1.92. The fraction of sp³-hybridized carbons (Fsp3) is 0.0714. The molecule has 0 saturated heterocycles. The maximum atomic E-state index is 10.7. The van der Waals surface area contributed by atoms with Gasteiger partial charge < -0.3 is 5.32 Å². The van der Waals surface area contributed by atoms with E-state index in [0.29, 0.717) is 10.8 Å². The number of nitrogens with zero attached hydrogens (tertiary/aromatic N) is 1. The second-order valence-corrected chi connectivity index (χ2v) is 4.79. The Morgan fingerprint density at radius 1 is 1.14 bits per heavy atom. The average Bonchev–Trinajstić information content (AvgIpc) is 2.45. The molecule has 0 amide bonds. The summed E-state index contributed by atoms with van der Waals surface area (Å²) >= 11 is 5.14. The van der Waals surface area contributed by atoms with Crippen LogP contribution in [0.1, 0.15) is 5.56 Å². The molecule has 0 aliphatic heterocycles. The second kappa shape index (κ2) is 6.67. The third-order valence-corrected chi connectivity index (χ3v) is 2.86. The van der Waals surface area contributed by atoms with E-state index in [1.165, 1.54) is 12.1 Å². The van der Waals surface area contributed by atoms with Gasteiger partial charge in [-0.05, 0) is 42.9 Å². The summed E-state index contributed by atoms with van der Waals surface area (Å²) in [5, 5.41) is 14.1. The highest BCUT2D eigenvalue weighted by Gasteiger charge is 2.05. The van der Waals surface area contributed by atoms with Gasteiger partial charge in [0.2, 0.25) is 0 Å². The van der Waals surface area contributed by atoms with E-state index >= 15 is 0 Å². The highest BCUT2D eigenvalue weighted by molar-refractivity contribution is 7.80. The number of nitrogens with one attached hydrogen (secondary N) is 3. The topological polar surface area (TPSA) is 79.2 Å². The van der Waals surface area contributed by atoms with Gasteiger partial charge in [-0.1, -0.05) is 18.2 Å². The molecule has 0 aromatic heterocycles. The van der Waals surface area contributed by atoms with Crippen molar-refractivity contribution in [2.45, 2.75) is 6.92 Å². The van der Waals surface area contributed by atoms with Crippen molar-refractivity contribution in [1.29, 1.82) is 0 Å². The van der Waals surface area contributed by atoms with Crippen LogP contribution in [0, 0.1) is 17.0 Å². The Morgan fingerprint density at radius 2 is 1.86 bits per heavy atom. The van der Waals surface area contributed by atoms with Crippen molar-refractivity contribution in [3.63, 3.8) is 0 Å². The third-order valence-electron chi connectivity index (χ3n) is 2.65. The van der Waals surface area contributed by atoms with Gasteiger partial charge >= 0.3 is 0 Å². The van der Waals surface area contributed by atoms with Crippen LogP contribution in [0.3, 0.4) is 0 Å². The summed E-state index contributed by atoms with van der Waals surface area (Å²) in [4.78, 5) is 10.2. The first-order chi connectivity index (χ1) is 10.0. The van der Waals surface area contributed by atoms with Crippen LogP contribution < -0.4 is 16.2 Å². The molecule has 108 valence electrons. The molecule has 0 saturated carbocycles. The van der Waals surface area contributed by atoms with Crippen molar-refractivity contribution in [3.8, 4) is 0 Å². The molecule has 0 fully saturated rings. The van der Waals surface area contributed by atoms with Crippen molar-refractivity contribution in [1.82, 2.24) is 5.43 Å². The molecular formula is C14H14N4O2S. The van der Waals surface area contributed by atoms with E-state index in [1.807, 2.05) is 31.2 Å². The van der Waals surface area contributed by atoms with Crippen molar-refractivity contribution >= 4 is 34.4 Å². The summed E-state index contributed by atoms with van der Waals surface area (Å²) in [5.74, 6) is 0. The molecule has 0 atom stereocenters. The first-order valence-corrected chi connectivity index (χ1v) is 6.59. The van der Waals surface area contributed by atoms with E-state index in [4.69, 9.17) is 12.2 Å². The number of hydrogen-bond acceptors (Lipinski definition) is 4. The van der Waals surface area contributed by atoms with Gasteiger partial charge in [0, 0.05) is 17.8 Å². The van der Waals surface area contributed by atoms with Gasteiger partial charge in [0.25, 0.3) is 5.69 Å². The lowest BCUT2D eigenvalue weighted by Gasteiger charge is -2.12. The summed E-state index contributed by atoms with van der Waals surface area (Å²) in [5.41, 5.74) is 8.15. The number of thiocarbonyl (C=S) groups is 1. The highest BCUT2D eigenvalue weighted by Crippen LogP contribution is 2.16. The lowest BCUT2D eigenvalue weighted by molar-refractivity contribution is -0.384. The van der Waals surface area contributed by atoms with Crippen LogP contribution in [0.5, 0.6) is 0 Å². The molecule has 0 aliphatic rings. The van der Waals surface area contributed by atoms with Crippen LogP contribution in [0.25, 0.3) is 0 Å². The number of rotatable bonds is 4. The number of nitro groups is 1. The molecule has 2 aromatic rings. The van der Waals surface area contributed by atoms with Gasteiger partial charge in [-0.3, -0.25) is 21.0 Å². The van der Waals surface area contributed by atoms with Crippen molar-refractivity contribution < 1.29 is 4.92 Å². The molecule has 0 spiro atoms. The number of anilines is 2. The standard InChI is InChI=1S/C14H14N4O2S/c1-10-4-2-5-11(8-10)15-14(21)17-16-12-6-3-7-13(9-12)18(19)20/h2-9,16H,1H3,(H2,15,17,21). The van der Waals surface area contributed by atoms with Crippen molar-refractivity contribution in [3.05, 3.63) is 64.2 Å². The third kappa shape index (κ3) is 4.43. The number of hydrogen-bond donors (Lipinski definition) is 3. The monoisotopic (exact) mass is 302 g/mol. The normalized spacial score (nSPS) is 9.76. The molecule has 0 radical (unpaired) electrons. The first-order valence-electron chi connectivity index (χ1n) is 6.19.